The van der Waals surface area contributed by atoms with Gasteiger partial charge < -0.3 is 5.32 Å². The van der Waals surface area contributed by atoms with E-state index in [9.17, 15) is 0 Å². The van der Waals surface area contributed by atoms with Crippen LogP contribution in [0.4, 0.5) is 0 Å². The van der Waals surface area contributed by atoms with Gasteiger partial charge in [0.2, 0.25) is 0 Å². The number of rotatable bonds is 3. The lowest BCUT2D eigenvalue weighted by Crippen LogP contribution is -2.20. The first-order chi connectivity index (χ1) is 6.20. The summed E-state index contributed by atoms with van der Waals surface area (Å²) in [5, 5.41) is 3.13. The molecule has 0 spiro atoms. The van der Waals surface area contributed by atoms with E-state index in [2.05, 4.69) is 24.0 Å². The highest BCUT2D eigenvalue weighted by Gasteiger charge is 1.95. The van der Waals surface area contributed by atoms with Gasteiger partial charge in [-0.15, -0.1) is 0 Å². The predicted octanol–water partition coefficient (Wildman–Crippen LogP) is 2.68. The molecule has 0 heterocycles. The Labute approximate surface area is 84.5 Å². The van der Waals surface area contributed by atoms with Crippen LogP contribution >= 0.6 is 12.2 Å². The molecule has 0 atom stereocenters. The van der Waals surface area contributed by atoms with Crippen molar-refractivity contribution in [3.8, 4) is 0 Å². The number of nitrogens with one attached hydrogen (secondary N) is 1. The van der Waals surface area contributed by atoms with Crippen molar-refractivity contribution >= 4 is 17.2 Å². The lowest BCUT2D eigenvalue weighted by Gasteiger charge is -2.06. The van der Waals surface area contributed by atoms with Gasteiger partial charge in [0.05, 0.1) is 0 Å². The van der Waals surface area contributed by atoms with Crippen LogP contribution in [0.2, 0.25) is 0 Å². The van der Waals surface area contributed by atoms with Gasteiger partial charge in [0.1, 0.15) is 4.99 Å². The van der Waals surface area contributed by atoms with Crippen LogP contribution in [-0.2, 0) is 6.54 Å². The quantitative estimate of drug-likeness (QED) is 0.582. The molecule has 0 aromatic heterocycles. The summed E-state index contributed by atoms with van der Waals surface area (Å²) in [7, 11) is 0. The van der Waals surface area contributed by atoms with Crippen molar-refractivity contribution in [3.05, 3.63) is 48.0 Å². The highest BCUT2D eigenvalue weighted by molar-refractivity contribution is 7.80. The zero-order valence-corrected chi connectivity index (χ0v) is 8.53. The molecule has 1 rings (SSSR count). The minimum Gasteiger partial charge on any atom is -0.372 e. The first-order valence-electron chi connectivity index (χ1n) is 4.18. The minimum atomic E-state index is 0.740. The highest BCUT2D eigenvalue weighted by Crippen LogP contribution is 1.98. The van der Waals surface area contributed by atoms with Crippen molar-refractivity contribution in [1.82, 2.24) is 5.32 Å². The molecule has 13 heavy (non-hydrogen) atoms. The fourth-order valence-corrected chi connectivity index (χ4v) is 1.00. The summed E-state index contributed by atoms with van der Waals surface area (Å²) in [5.74, 6) is 0. The first kappa shape index (κ1) is 9.93. The molecular weight excluding hydrogens is 178 g/mol. The van der Waals surface area contributed by atoms with Gasteiger partial charge in [0.15, 0.2) is 0 Å². The highest BCUT2D eigenvalue weighted by atomic mass is 32.1. The van der Waals surface area contributed by atoms with Crippen LogP contribution in [0.3, 0.4) is 0 Å². The van der Waals surface area contributed by atoms with E-state index in [-0.39, 0.29) is 0 Å². The summed E-state index contributed by atoms with van der Waals surface area (Å²) in [6.07, 6.45) is 0. The third-order valence-electron chi connectivity index (χ3n) is 1.68. The van der Waals surface area contributed by atoms with Gasteiger partial charge in [-0.2, -0.15) is 0 Å². The molecule has 0 saturated heterocycles. The molecule has 0 saturated carbocycles. The third kappa shape index (κ3) is 3.38. The molecule has 2 heteroatoms. The zero-order chi connectivity index (χ0) is 9.68. The normalized spacial score (nSPS) is 9.31. The van der Waals surface area contributed by atoms with Gasteiger partial charge in [0.25, 0.3) is 0 Å². The van der Waals surface area contributed by atoms with Gasteiger partial charge >= 0.3 is 0 Å². The summed E-state index contributed by atoms with van der Waals surface area (Å²) in [6.45, 7) is 6.44. The molecule has 0 aliphatic heterocycles. The number of benzene rings is 1. The molecule has 0 unspecified atom stereocenters. The molecule has 0 fully saturated rings. The Morgan fingerprint density at radius 2 is 2.00 bits per heavy atom. The van der Waals surface area contributed by atoms with Gasteiger partial charge in [-0.25, -0.2) is 0 Å². The summed E-state index contributed by atoms with van der Waals surface area (Å²) >= 11 is 5.07. The summed E-state index contributed by atoms with van der Waals surface area (Å²) < 4.78 is 0. The van der Waals surface area contributed by atoms with E-state index in [1.54, 1.807) is 0 Å². The van der Waals surface area contributed by atoms with Crippen LogP contribution in [0.15, 0.2) is 42.5 Å². The Morgan fingerprint density at radius 1 is 1.38 bits per heavy atom. The van der Waals surface area contributed by atoms with Crippen molar-refractivity contribution in [1.29, 1.82) is 0 Å². The average Bonchev–Trinajstić information content (AvgIpc) is 2.15. The molecule has 1 N–H and O–H groups in total. The number of hydrogen-bond donors (Lipinski definition) is 1. The monoisotopic (exact) mass is 191 g/mol. The molecule has 1 aromatic carbocycles. The Kier molecular flexibility index (Phi) is 3.65. The SMILES string of the molecule is C=C(C)C(=S)NCc1ccccc1. The standard InChI is InChI=1S/C11H13NS/c1-9(2)11(13)12-8-10-6-4-3-5-7-10/h3-7H,1,8H2,2H3,(H,12,13). The molecule has 0 aliphatic rings. The van der Waals surface area contributed by atoms with Crippen LogP contribution in [0.5, 0.6) is 0 Å². The second kappa shape index (κ2) is 4.77. The van der Waals surface area contributed by atoms with Crippen molar-refractivity contribution in [3.63, 3.8) is 0 Å². The Bertz CT molecular complexity index is 303. The average molecular weight is 191 g/mol. The van der Waals surface area contributed by atoms with Crippen molar-refractivity contribution in [2.45, 2.75) is 13.5 Å². The lowest BCUT2D eigenvalue weighted by atomic mass is 10.2. The maximum Gasteiger partial charge on any atom is 0.101 e. The van der Waals surface area contributed by atoms with E-state index in [0.717, 1.165) is 17.1 Å². The van der Waals surface area contributed by atoms with Crippen LogP contribution < -0.4 is 5.32 Å². The molecular formula is C11H13NS. The fraction of sp³-hybridized carbons (Fsp3) is 0.182. The fourth-order valence-electron chi connectivity index (χ4n) is 0.929. The maximum atomic E-state index is 5.07. The Balaban J connectivity index is 2.44. The van der Waals surface area contributed by atoms with Crippen molar-refractivity contribution in [2.75, 3.05) is 0 Å². The summed E-state index contributed by atoms with van der Waals surface area (Å²) in [4.78, 5) is 0.740. The van der Waals surface area contributed by atoms with Crippen LogP contribution in [0.1, 0.15) is 12.5 Å². The minimum absolute atomic E-state index is 0.740. The Hall–Kier alpha value is -1.15. The maximum absolute atomic E-state index is 5.07. The smallest absolute Gasteiger partial charge is 0.101 e. The second-order valence-electron chi connectivity index (χ2n) is 2.95. The largest absolute Gasteiger partial charge is 0.372 e. The molecule has 0 radical (unpaired) electrons. The topological polar surface area (TPSA) is 12.0 Å². The Morgan fingerprint density at radius 3 is 2.54 bits per heavy atom. The van der Waals surface area contributed by atoms with Crippen molar-refractivity contribution < 1.29 is 0 Å². The van der Waals surface area contributed by atoms with Crippen LogP contribution in [0.25, 0.3) is 0 Å². The van der Waals surface area contributed by atoms with Crippen LogP contribution in [-0.4, -0.2) is 4.99 Å². The van der Waals surface area contributed by atoms with E-state index in [1.165, 1.54) is 5.56 Å². The summed E-state index contributed by atoms with van der Waals surface area (Å²) in [5.41, 5.74) is 2.14. The zero-order valence-electron chi connectivity index (χ0n) is 7.71. The van der Waals surface area contributed by atoms with Gasteiger partial charge in [-0.3, -0.25) is 0 Å². The van der Waals surface area contributed by atoms with Crippen LogP contribution in [0, 0.1) is 0 Å². The van der Waals surface area contributed by atoms with Gasteiger partial charge in [0, 0.05) is 6.54 Å². The molecule has 1 aromatic rings. The van der Waals surface area contributed by atoms with E-state index in [0.29, 0.717) is 0 Å². The second-order valence-corrected chi connectivity index (χ2v) is 3.36. The van der Waals surface area contributed by atoms with E-state index in [4.69, 9.17) is 12.2 Å². The number of hydrogen-bond acceptors (Lipinski definition) is 1. The first-order valence-corrected chi connectivity index (χ1v) is 4.58. The molecule has 68 valence electrons. The number of thiocarbonyl (C=S) groups is 1. The van der Waals surface area contributed by atoms with Crippen molar-refractivity contribution in [2.24, 2.45) is 0 Å². The molecule has 0 aliphatic carbocycles. The molecule has 1 nitrogen and oxygen atoms in total. The van der Waals surface area contributed by atoms with E-state index < -0.39 is 0 Å². The van der Waals surface area contributed by atoms with E-state index >= 15 is 0 Å². The molecule has 0 amide bonds. The molecule has 0 bridgehead atoms. The van der Waals surface area contributed by atoms with E-state index in [1.807, 2.05) is 25.1 Å². The lowest BCUT2D eigenvalue weighted by molar-refractivity contribution is 0.927. The summed E-state index contributed by atoms with van der Waals surface area (Å²) in [6, 6.07) is 10.2. The third-order valence-corrected chi connectivity index (χ3v) is 2.18. The van der Waals surface area contributed by atoms with Gasteiger partial charge in [-0.05, 0) is 18.1 Å². The van der Waals surface area contributed by atoms with Gasteiger partial charge in [-0.1, -0.05) is 49.1 Å². The predicted molar refractivity (Wildman–Crippen MR) is 60.7 cm³/mol.